The Labute approximate surface area is 275 Å². The number of hydrogen-bond acceptors (Lipinski definition) is 6. The first-order chi connectivity index (χ1) is 22.2. The molecule has 3 aliphatic rings. The molecule has 2 amide bonds. The van der Waals surface area contributed by atoms with Crippen LogP contribution in [0.2, 0.25) is 5.02 Å². The lowest BCUT2D eigenvalue weighted by molar-refractivity contribution is -0.149. The number of carbonyl (C=O) groups excluding carboxylic acids is 3. The van der Waals surface area contributed by atoms with Crippen LogP contribution in [0.1, 0.15) is 78.9 Å². The molecule has 1 aromatic heterocycles. The predicted octanol–water partition coefficient (Wildman–Crippen LogP) is 6.72. The van der Waals surface area contributed by atoms with Gasteiger partial charge in [0.1, 0.15) is 11.8 Å². The van der Waals surface area contributed by atoms with Crippen LogP contribution in [-0.4, -0.2) is 74.7 Å². The Morgan fingerprint density at radius 1 is 1.15 bits per heavy atom. The molecule has 1 saturated heterocycles. The highest BCUT2D eigenvalue weighted by Crippen LogP contribution is 2.43. The van der Waals surface area contributed by atoms with Crippen molar-refractivity contribution in [2.45, 2.75) is 83.3 Å². The summed E-state index contributed by atoms with van der Waals surface area (Å²) in [7, 11) is 0. The molecule has 2 unspecified atom stereocenters. The number of piperidine rings is 1. The first-order valence-corrected chi connectivity index (χ1v) is 16.0. The van der Waals surface area contributed by atoms with Gasteiger partial charge in [-0.1, -0.05) is 35.9 Å². The summed E-state index contributed by atoms with van der Waals surface area (Å²) in [4.78, 5) is 46.3. The number of likely N-dealkylation sites (tertiary alicyclic amines) is 1. The van der Waals surface area contributed by atoms with Gasteiger partial charge in [0.15, 0.2) is 6.04 Å². The summed E-state index contributed by atoms with van der Waals surface area (Å²) >= 11 is 6.70. The summed E-state index contributed by atoms with van der Waals surface area (Å²) in [5, 5.41) is 0.306. The van der Waals surface area contributed by atoms with Gasteiger partial charge >= 0.3 is 12.1 Å². The number of ether oxygens (including phenoxy) is 2. The van der Waals surface area contributed by atoms with Gasteiger partial charge in [-0.25, -0.2) is 27.7 Å². The average molecular weight is 673 g/mol. The number of imidazole rings is 1. The van der Waals surface area contributed by atoms with Crippen molar-refractivity contribution in [2.75, 3.05) is 19.7 Å². The second-order valence-corrected chi connectivity index (χ2v) is 13.6. The molecule has 1 fully saturated rings. The van der Waals surface area contributed by atoms with Gasteiger partial charge in [0, 0.05) is 41.4 Å². The third-order valence-corrected chi connectivity index (χ3v) is 9.12. The Balaban J connectivity index is 1.23. The molecule has 0 radical (unpaired) electrons. The van der Waals surface area contributed by atoms with Crippen LogP contribution in [0.4, 0.5) is 18.0 Å². The second kappa shape index (κ2) is 12.2. The number of aromatic nitrogens is 2. The van der Waals surface area contributed by atoms with E-state index in [1.807, 2.05) is 0 Å². The van der Waals surface area contributed by atoms with E-state index in [0.717, 1.165) is 4.90 Å². The molecule has 0 saturated carbocycles. The highest BCUT2D eigenvalue weighted by atomic mass is 35.5. The maximum absolute atomic E-state index is 15.3. The first kappa shape index (κ1) is 32.9. The van der Waals surface area contributed by atoms with Crippen LogP contribution in [-0.2, 0) is 33.8 Å². The van der Waals surface area contributed by atoms with Crippen molar-refractivity contribution in [1.29, 1.82) is 0 Å². The molecule has 9 nitrogen and oxygen atoms in total. The van der Waals surface area contributed by atoms with E-state index in [-0.39, 0.29) is 44.8 Å². The Morgan fingerprint density at radius 2 is 1.87 bits per heavy atom. The van der Waals surface area contributed by atoms with Crippen LogP contribution in [0.15, 0.2) is 42.7 Å². The quantitative estimate of drug-likeness (QED) is 0.270. The van der Waals surface area contributed by atoms with E-state index in [2.05, 4.69) is 4.98 Å². The van der Waals surface area contributed by atoms with Gasteiger partial charge in [0.25, 0.3) is 11.8 Å². The summed E-state index contributed by atoms with van der Waals surface area (Å²) in [6.45, 7) is 6.36. The molecule has 3 aliphatic heterocycles. The van der Waals surface area contributed by atoms with Crippen LogP contribution in [0.5, 0.6) is 0 Å². The number of halogens is 4. The van der Waals surface area contributed by atoms with Gasteiger partial charge in [-0.15, -0.1) is 0 Å². The van der Waals surface area contributed by atoms with Crippen molar-refractivity contribution in [3.63, 3.8) is 0 Å². The minimum atomic E-state index is -3.17. The lowest BCUT2D eigenvalue weighted by atomic mass is 9.85. The zero-order chi connectivity index (χ0) is 33.8. The minimum Gasteiger partial charge on any atom is -0.464 e. The van der Waals surface area contributed by atoms with Crippen LogP contribution >= 0.6 is 11.6 Å². The van der Waals surface area contributed by atoms with Crippen molar-refractivity contribution < 1.29 is 37.0 Å². The molecular weight excluding hydrogens is 637 g/mol. The number of fused-ring (bicyclic) bond motifs is 2. The van der Waals surface area contributed by atoms with Gasteiger partial charge in [0.2, 0.25) is 0 Å². The number of alkyl halides is 3. The van der Waals surface area contributed by atoms with Gasteiger partial charge in [-0.05, 0) is 62.9 Å². The molecule has 0 bridgehead atoms. The Morgan fingerprint density at radius 3 is 2.53 bits per heavy atom. The van der Waals surface area contributed by atoms with Crippen LogP contribution in [0.3, 0.4) is 0 Å². The third kappa shape index (κ3) is 6.31. The number of nitrogens with zero attached hydrogens (tertiary/aromatic N) is 4. The summed E-state index contributed by atoms with van der Waals surface area (Å²) in [6.07, 6.45) is -0.257. The number of benzene rings is 2. The number of amides is 2. The van der Waals surface area contributed by atoms with Crippen LogP contribution < -0.4 is 0 Å². The highest BCUT2D eigenvalue weighted by Gasteiger charge is 2.47. The van der Waals surface area contributed by atoms with E-state index < -0.39 is 54.2 Å². The van der Waals surface area contributed by atoms with E-state index in [4.69, 9.17) is 21.1 Å². The van der Waals surface area contributed by atoms with Crippen molar-refractivity contribution in [2.24, 2.45) is 0 Å². The number of esters is 1. The molecule has 6 rings (SSSR count). The third-order valence-electron chi connectivity index (χ3n) is 8.78. The zero-order valence-electron chi connectivity index (χ0n) is 26.6. The maximum Gasteiger partial charge on any atom is 0.410 e. The second-order valence-electron chi connectivity index (χ2n) is 13.2. The average Bonchev–Trinajstić information content (AvgIpc) is 3.65. The molecule has 250 valence electrons. The highest BCUT2D eigenvalue weighted by molar-refractivity contribution is 6.32. The van der Waals surface area contributed by atoms with Crippen molar-refractivity contribution in [3.05, 3.63) is 75.8 Å². The Kier molecular flexibility index (Phi) is 8.52. The Hall–Kier alpha value is -4.06. The molecule has 13 heteroatoms. The molecule has 2 aromatic carbocycles. The van der Waals surface area contributed by atoms with E-state index in [0.29, 0.717) is 38.5 Å². The van der Waals surface area contributed by atoms with Crippen molar-refractivity contribution in [3.8, 4) is 11.1 Å². The molecule has 0 N–H and O–H groups in total. The van der Waals surface area contributed by atoms with Crippen LogP contribution in [0, 0.1) is 0 Å². The molecule has 3 atom stereocenters. The summed E-state index contributed by atoms with van der Waals surface area (Å²) < 4.78 is 57.1. The minimum absolute atomic E-state index is 0.0259. The first-order valence-electron chi connectivity index (χ1n) is 15.6. The van der Waals surface area contributed by atoms with Gasteiger partial charge in [-0.3, -0.25) is 4.79 Å². The van der Waals surface area contributed by atoms with E-state index in [1.54, 1.807) is 68.7 Å². The molecule has 3 aromatic rings. The standard InChI is InChI=1S/C34H36ClF3N4O5/c1-5-46-31(44)29(28-27-14-22(36)15-41(27)18-39-28)42-16-24-23(30(42)43)12-21(13-26(24)35)19-6-8-20(9-7-19)25-10-11-40(17-34(25,37)38)32(45)47-33(2,3)4/h6-9,12-13,18,22,25,29H,5,10-11,14-17H2,1-4H3/t22-,25?,29?/m1/s1. The summed E-state index contributed by atoms with van der Waals surface area (Å²) in [5.41, 5.74) is 2.55. The molecule has 4 heterocycles. The van der Waals surface area contributed by atoms with Crippen molar-refractivity contribution in [1.82, 2.24) is 19.4 Å². The van der Waals surface area contributed by atoms with Gasteiger partial charge in [-0.2, -0.15) is 0 Å². The number of carbonyl (C=O) groups is 3. The molecule has 0 spiro atoms. The normalized spacial score (nSPS) is 21.0. The lowest BCUT2D eigenvalue weighted by Crippen LogP contribution is -2.50. The number of hydrogen-bond donors (Lipinski definition) is 0. The van der Waals surface area contributed by atoms with Crippen molar-refractivity contribution >= 4 is 29.6 Å². The fraction of sp³-hybridized carbons (Fsp3) is 0.471. The number of rotatable bonds is 6. The van der Waals surface area contributed by atoms with Gasteiger partial charge in [0.05, 0.1) is 37.6 Å². The Bertz CT molecular complexity index is 1720. The topological polar surface area (TPSA) is 94.0 Å². The summed E-state index contributed by atoms with van der Waals surface area (Å²) in [6, 6.07) is 8.83. The molecule has 0 aliphatic carbocycles. The summed E-state index contributed by atoms with van der Waals surface area (Å²) in [5.74, 6) is -5.38. The van der Waals surface area contributed by atoms with E-state index in [1.165, 1.54) is 11.2 Å². The maximum atomic E-state index is 15.3. The lowest BCUT2D eigenvalue weighted by Gasteiger charge is -2.39. The smallest absolute Gasteiger partial charge is 0.410 e. The molecular formula is C34H36ClF3N4O5. The predicted molar refractivity (Wildman–Crippen MR) is 167 cm³/mol. The van der Waals surface area contributed by atoms with E-state index in [9.17, 15) is 18.8 Å². The van der Waals surface area contributed by atoms with Gasteiger partial charge < -0.3 is 23.8 Å². The zero-order valence-corrected chi connectivity index (χ0v) is 27.3. The van der Waals surface area contributed by atoms with Crippen LogP contribution in [0.25, 0.3) is 11.1 Å². The van der Waals surface area contributed by atoms with E-state index >= 15 is 8.78 Å². The fourth-order valence-corrected chi connectivity index (χ4v) is 6.91. The SMILES string of the molecule is CCOC(=O)C(c1ncn2c1C[C@@H](F)C2)N1Cc2c(Cl)cc(-c3ccc(C4CCN(C(=O)OC(C)(C)C)CC4(F)F)cc3)cc2C1=O. The monoisotopic (exact) mass is 672 g/mol. The molecule has 47 heavy (non-hydrogen) atoms. The fourth-order valence-electron chi connectivity index (χ4n) is 6.63. The largest absolute Gasteiger partial charge is 0.464 e.